The van der Waals surface area contributed by atoms with Gasteiger partial charge in [-0.1, -0.05) is 20.3 Å². The van der Waals surface area contributed by atoms with Gasteiger partial charge in [-0.2, -0.15) is 0 Å². The molecule has 0 spiro atoms. The first-order valence-electron chi connectivity index (χ1n) is 13.0. The van der Waals surface area contributed by atoms with Crippen LogP contribution in [0, 0.1) is 52.3 Å². The van der Waals surface area contributed by atoms with Gasteiger partial charge in [0.15, 0.2) is 0 Å². The summed E-state index contributed by atoms with van der Waals surface area (Å²) in [7, 11) is 0. The second kappa shape index (κ2) is 7.97. The van der Waals surface area contributed by atoms with Gasteiger partial charge in [-0.05, 0) is 85.9 Å². The second-order valence-electron chi connectivity index (χ2n) is 12.4. The van der Waals surface area contributed by atoms with Crippen molar-refractivity contribution in [3.8, 4) is 0 Å². The number of carboxylic acid groups (broad SMARTS) is 1. The fraction of sp³-hybridized carbons (Fsp3) is 0.923. The Morgan fingerprint density at radius 2 is 1.75 bits per heavy atom. The molecule has 4 aliphatic carbocycles. The molecule has 1 saturated heterocycles. The van der Waals surface area contributed by atoms with Gasteiger partial charge >= 0.3 is 6.09 Å². The van der Waals surface area contributed by atoms with Crippen molar-refractivity contribution in [2.75, 3.05) is 19.7 Å². The van der Waals surface area contributed by atoms with E-state index in [2.05, 4.69) is 13.8 Å². The highest BCUT2D eigenvalue weighted by Gasteiger charge is 2.64. The Balaban J connectivity index is 1.30. The van der Waals surface area contributed by atoms with E-state index in [-0.39, 0.29) is 35.2 Å². The molecule has 0 radical (unpaired) electrons. The molecule has 0 aromatic carbocycles. The van der Waals surface area contributed by atoms with Gasteiger partial charge in [0.1, 0.15) is 5.78 Å². The predicted octanol–water partition coefficient (Wildman–Crippen LogP) is 3.79. The SMILES string of the molecule is C[C@]12CCC(CCC3CN(C(=O)O)C3)CC1[C@@H](CO)[C@@H](O)C1C2CC[C@]2(C)C(=O)CCC12. The maximum Gasteiger partial charge on any atom is 0.407 e. The molecular weight excluding hydrogens is 406 g/mol. The summed E-state index contributed by atoms with van der Waals surface area (Å²) in [4.78, 5) is 25.2. The molecule has 0 bridgehead atoms. The van der Waals surface area contributed by atoms with Crippen LogP contribution in [0.2, 0.25) is 0 Å². The molecule has 1 amide bonds. The van der Waals surface area contributed by atoms with Gasteiger partial charge < -0.3 is 20.2 Å². The van der Waals surface area contributed by atoms with Gasteiger partial charge in [0, 0.05) is 37.5 Å². The highest BCUT2D eigenvalue weighted by Crippen LogP contribution is 2.67. The first kappa shape index (κ1) is 22.6. The zero-order valence-electron chi connectivity index (χ0n) is 19.7. The van der Waals surface area contributed by atoms with Crippen molar-refractivity contribution in [1.82, 2.24) is 4.90 Å². The Labute approximate surface area is 191 Å². The van der Waals surface area contributed by atoms with Gasteiger partial charge in [0.05, 0.1) is 6.10 Å². The van der Waals surface area contributed by atoms with Gasteiger partial charge in [0.25, 0.3) is 0 Å². The molecule has 5 aliphatic rings. The maximum absolute atomic E-state index is 12.7. The van der Waals surface area contributed by atoms with Crippen molar-refractivity contribution in [3.05, 3.63) is 0 Å². The summed E-state index contributed by atoms with van der Waals surface area (Å²) in [6, 6.07) is 0. The molecule has 5 rings (SSSR count). The van der Waals surface area contributed by atoms with Crippen LogP contribution in [0.3, 0.4) is 0 Å². The van der Waals surface area contributed by atoms with Crippen LogP contribution in [0.15, 0.2) is 0 Å². The number of carbonyl (C=O) groups excluding carboxylic acids is 1. The molecule has 5 unspecified atom stereocenters. The Morgan fingerprint density at radius 1 is 1.03 bits per heavy atom. The number of carbonyl (C=O) groups is 2. The van der Waals surface area contributed by atoms with Crippen molar-refractivity contribution in [3.63, 3.8) is 0 Å². The number of hydrogen-bond acceptors (Lipinski definition) is 4. The lowest BCUT2D eigenvalue weighted by atomic mass is 9.41. The van der Waals surface area contributed by atoms with Crippen LogP contribution in [0.5, 0.6) is 0 Å². The lowest BCUT2D eigenvalue weighted by molar-refractivity contribution is -0.201. The minimum atomic E-state index is -0.807. The number of rotatable bonds is 4. The van der Waals surface area contributed by atoms with Crippen molar-refractivity contribution in [1.29, 1.82) is 0 Å². The summed E-state index contributed by atoms with van der Waals surface area (Å²) in [5, 5.41) is 31.0. The Bertz CT molecular complexity index is 765. The molecule has 180 valence electrons. The predicted molar refractivity (Wildman–Crippen MR) is 120 cm³/mol. The highest BCUT2D eigenvalue weighted by atomic mass is 16.4. The van der Waals surface area contributed by atoms with E-state index in [1.807, 2.05) is 0 Å². The zero-order valence-corrected chi connectivity index (χ0v) is 19.7. The van der Waals surface area contributed by atoms with Gasteiger partial charge in [0.2, 0.25) is 0 Å². The number of fused-ring (bicyclic) bond motifs is 5. The van der Waals surface area contributed by atoms with Crippen LogP contribution < -0.4 is 0 Å². The number of aliphatic hydroxyl groups excluding tert-OH is 2. The van der Waals surface area contributed by atoms with E-state index in [1.165, 1.54) is 11.3 Å². The smallest absolute Gasteiger partial charge is 0.407 e. The third-order valence-corrected chi connectivity index (χ3v) is 11.2. The molecule has 0 aromatic rings. The second-order valence-corrected chi connectivity index (χ2v) is 12.4. The fourth-order valence-corrected chi connectivity index (χ4v) is 9.18. The third kappa shape index (κ3) is 3.26. The summed E-state index contributed by atoms with van der Waals surface area (Å²) in [5.41, 5.74) is -0.132. The average molecular weight is 448 g/mol. The standard InChI is InChI=1S/C26H41NO5/c1-25-9-7-15(3-4-16-12-27(13-16)24(31)32)11-20(25)17(14-28)23(30)22-18-5-6-21(29)26(18,2)10-8-19(22)25/h15-20,22-23,28,30H,3-14H2,1-2H3,(H,31,32)/t15?,17-,18?,19?,20?,22?,23-,25-,26+/m1/s1. The summed E-state index contributed by atoms with van der Waals surface area (Å²) in [6.45, 7) is 5.94. The minimum absolute atomic E-state index is 0.0327. The Morgan fingerprint density at radius 3 is 2.44 bits per heavy atom. The van der Waals surface area contributed by atoms with Gasteiger partial charge in [-0.3, -0.25) is 4.79 Å². The number of nitrogens with zero attached hydrogens (tertiary/aromatic N) is 1. The molecule has 6 heteroatoms. The molecule has 0 aromatic heterocycles. The number of Topliss-reactive ketones (excluding diaryl/α,β-unsaturated/α-hetero) is 1. The highest BCUT2D eigenvalue weighted by molar-refractivity contribution is 5.87. The van der Waals surface area contributed by atoms with Crippen LogP contribution in [0.25, 0.3) is 0 Å². The molecule has 4 saturated carbocycles. The number of hydrogen-bond donors (Lipinski definition) is 3. The van der Waals surface area contributed by atoms with Crippen molar-refractivity contribution in [2.24, 2.45) is 52.3 Å². The first-order chi connectivity index (χ1) is 15.2. The summed E-state index contributed by atoms with van der Waals surface area (Å²) >= 11 is 0. The van der Waals surface area contributed by atoms with Crippen LogP contribution in [-0.4, -0.2) is 57.9 Å². The van der Waals surface area contributed by atoms with Crippen LogP contribution in [0.4, 0.5) is 4.79 Å². The van der Waals surface area contributed by atoms with E-state index in [0.717, 1.165) is 44.9 Å². The van der Waals surface area contributed by atoms with Crippen molar-refractivity contribution < 1.29 is 24.9 Å². The molecule has 32 heavy (non-hydrogen) atoms. The number of amides is 1. The molecule has 6 nitrogen and oxygen atoms in total. The molecule has 5 fully saturated rings. The number of ketones is 1. The van der Waals surface area contributed by atoms with Crippen LogP contribution in [0.1, 0.15) is 71.6 Å². The largest absolute Gasteiger partial charge is 0.465 e. The van der Waals surface area contributed by atoms with Gasteiger partial charge in [-0.25, -0.2) is 4.79 Å². The summed E-state index contributed by atoms with van der Waals surface area (Å²) in [5.74, 6) is 2.59. The maximum atomic E-state index is 12.7. The van der Waals surface area contributed by atoms with E-state index < -0.39 is 12.2 Å². The molecule has 1 aliphatic heterocycles. The van der Waals surface area contributed by atoms with E-state index in [4.69, 9.17) is 5.11 Å². The molecule has 9 atom stereocenters. The van der Waals surface area contributed by atoms with Crippen LogP contribution in [-0.2, 0) is 4.79 Å². The summed E-state index contributed by atoms with van der Waals surface area (Å²) < 4.78 is 0. The Hall–Kier alpha value is -1.14. The lowest BCUT2D eigenvalue weighted by Gasteiger charge is -2.64. The fourth-order valence-electron chi connectivity index (χ4n) is 9.18. The van der Waals surface area contributed by atoms with Crippen LogP contribution >= 0.6 is 0 Å². The third-order valence-electron chi connectivity index (χ3n) is 11.2. The number of aliphatic hydroxyl groups is 2. The van der Waals surface area contributed by atoms with E-state index in [9.17, 15) is 19.8 Å². The van der Waals surface area contributed by atoms with Gasteiger partial charge in [-0.15, -0.1) is 0 Å². The first-order valence-corrected chi connectivity index (χ1v) is 13.0. The number of likely N-dealkylation sites (tertiary alicyclic amines) is 1. The van der Waals surface area contributed by atoms with Crippen molar-refractivity contribution in [2.45, 2.75) is 77.7 Å². The van der Waals surface area contributed by atoms with Crippen molar-refractivity contribution >= 4 is 11.9 Å². The average Bonchev–Trinajstić information content (AvgIpc) is 3.02. The minimum Gasteiger partial charge on any atom is -0.465 e. The van der Waals surface area contributed by atoms with E-state index in [1.54, 1.807) is 0 Å². The zero-order chi connectivity index (χ0) is 22.8. The van der Waals surface area contributed by atoms with E-state index in [0.29, 0.717) is 49.0 Å². The quantitative estimate of drug-likeness (QED) is 0.609. The lowest BCUT2D eigenvalue weighted by Crippen LogP contribution is -2.62. The Kier molecular flexibility index (Phi) is 5.64. The normalized spacial score (nSPS) is 48.6. The molecule has 1 heterocycles. The molecule has 3 N–H and O–H groups in total. The van der Waals surface area contributed by atoms with E-state index >= 15 is 0 Å². The topological polar surface area (TPSA) is 98.1 Å². The summed E-state index contributed by atoms with van der Waals surface area (Å²) in [6.07, 6.45) is 7.86. The molecular formula is C26H41NO5. The monoisotopic (exact) mass is 447 g/mol.